The number of benzene rings is 1. The number of hydrogen-bond donors (Lipinski definition) is 0. The molecule has 2 nitrogen and oxygen atoms in total. The summed E-state index contributed by atoms with van der Waals surface area (Å²) in [6.45, 7) is 1.49. The van der Waals surface area contributed by atoms with Crippen LogP contribution in [0.3, 0.4) is 0 Å². The molecule has 0 saturated carbocycles. The fourth-order valence-electron chi connectivity index (χ4n) is 1.42. The van der Waals surface area contributed by atoms with E-state index in [1.165, 1.54) is 13.0 Å². The normalized spacial score (nSPS) is 10.9. The molecule has 2 rings (SSSR count). The van der Waals surface area contributed by atoms with Crippen LogP contribution in [0.15, 0.2) is 27.1 Å². The maximum atomic E-state index is 13.1. The lowest BCUT2D eigenvalue weighted by Gasteiger charge is -1.92. The number of furan rings is 1. The molecule has 2 aromatic rings. The third-order valence-corrected chi connectivity index (χ3v) is 2.64. The van der Waals surface area contributed by atoms with E-state index in [0.717, 1.165) is 5.39 Å². The number of ketones is 1. The van der Waals surface area contributed by atoms with Crippen molar-refractivity contribution in [1.29, 1.82) is 0 Å². The molecular weight excluding hydrogens is 263 g/mol. The quantitative estimate of drug-likeness (QED) is 0.837. The first-order valence-electron chi connectivity index (χ1n) is 4.43. The van der Waals surface area contributed by atoms with Gasteiger partial charge in [0.05, 0.1) is 10.9 Å². The molecule has 0 bridgehead atoms. The van der Waals surface area contributed by atoms with Gasteiger partial charge in [0.1, 0.15) is 22.9 Å². The number of halogens is 2. The number of carbonyl (C=O) groups excluding carboxylic acids is 1. The average molecular weight is 271 g/mol. The average Bonchev–Trinajstić information content (AvgIpc) is 2.46. The predicted molar refractivity (Wildman–Crippen MR) is 58.3 cm³/mol. The summed E-state index contributed by atoms with van der Waals surface area (Å²) in [7, 11) is 0. The van der Waals surface area contributed by atoms with Gasteiger partial charge in [-0.25, -0.2) is 4.39 Å². The summed E-state index contributed by atoms with van der Waals surface area (Å²) in [5, 5.41) is 0.791. The van der Waals surface area contributed by atoms with Gasteiger partial charge >= 0.3 is 0 Å². The molecule has 0 unspecified atom stereocenters. The Morgan fingerprint density at radius 1 is 1.47 bits per heavy atom. The van der Waals surface area contributed by atoms with Gasteiger partial charge in [-0.05, 0) is 35.0 Å². The fraction of sp³-hybridized carbons (Fsp3) is 0.182. The smallest absolute Gasteiger partial charge is 0.141 e. The van der Waals surface area contributed by atoms with Gasteiger partial charge in [-0.1, -0.05) is 0 Å². The van der Waals surface area contributed by atoms with Crippen LogP contribution in [0.2, 0.25) is 0 Å². The highest BCUT2D eigenvalue weighted by Crippen LogP contribution is 2.26. The van der Waals surface area contributed by atoms with Crippen LogP contribution >= 0.6 is 15.9 Å². The van der Waals surface area contributed by atoms with Crippen LogP contribution in [-0.2, 0) is 11.2 Å². The topological polar surface area (TPSA) is 30.2 Å². The van der Waals surface area contributed by atoms with Gasteiger partial charge in [-0.15, -0.1) is 0 Å². The SMILES string of the molecule is CC(=O)Cc1cc2cc(Br)c(F)cc2o1. The van der Waals surface area contributed by atoms with Crippen LogP contribution in [0, 0.1) is 5.82 Å². The Labute approximate surface area is 94.2 Å². The second kappa shape index (κ2) is 3.77. The summed E-state index contributed by atoms with van der Waals surface area (Å²) in [5.41, 5.74) is 0.465. The molecular formula is C11H8BrFO2. The molecule has 0 amide bonds. The summed E-state index contributed by atoms with van der Waals surface area (Å²) < 4.78 is 18.9. The molecule has 78 valence electrons. The predicted octanol–water partition coefficient (Wildman–Crippen LogP) is 3.47. The first-order valence-corrected chi connectivity index (χ1v) is 5.22. The van der Waals surface area contributed by atoms with E-state index in [1.54, 1.807) is 12.1 Å². The van der Waals surface area contributed by atoms with Crippen molar-refractivity contribution in [2.45, 2.75) is 13.3 Å². The van der Waals surface area contributed by atoms with Crippen LogP contribution in [0.4, 0.5) is 4.39 Å². The summed E-state index contributed by atoms with van der Waals surface area (Å²) in [6, 6.07) is 4.70. The first-order chi connectivity index (χ1) is 7.06. The molecule has 15 heavy (non-hydrogen) atoms. The van der Waals surface area contributed by atoms with Gasteiger partial charge < -0.3 is 4.42 Å². The molecule has 0 radical (unpaired) electrons. The minimum atomic E-state index is -0.369. The minimum Gasteiger partial charge on any atom is -0.461 e. The third kappa shape index (κ3) is 2.09. The Hall–Kier alpha value is -1.16. The summed E-state index contributed by atoms with van der Waals surface area (Å²) in [4.78, 5) is 10.9. The van der Waals surface area contributed by atoms with E-state index in [4.69, 9.17) is 4.42 Å². The number of rotatable bonds is 2. The van der Waals surface area contributed by atoms with Crippen molar-refractivity contribution in [3.63, 3.8) is 0 Å². The van der Waals surface area contributed by atoms with Gasteiger partial charge in [-0.3, -0.25) is 4.79 Å². The first kappa shape index (κ1) is 10.4. The molecule has 4 heteroatoms. The molecule has 1 aromatic carbocycles. The van der Waals surface area contributed by atoms with Crippen LogP contribution in [0.25, 0.3) is 11.0 Å². The fourth-order valence-corrected chi connectivity index (χ4v) is 1.78. The van der Waals surface area contributed by atoms with E-state index in [1.807, 2.05) is 0 Å². The molecule has 0 saturated heterocycles. The number of carbonyl (C=O) groups is 1. The lowest BCUT2D eigenvalue weighted by molar-refractivity contribution is -0.116. The van der Waals surface area contributed by atoms with Crippen molar-refractivity contribution >= 4 is 32.7 Å². The third-order valence-electron chi connectivity index (χ3n) is 2.03. The second-order valence-corrected chi connectivity index (χ2v) is 4.25. The van der Waals surface area contributed by atoms with Gasteiger partial charge in [0.25, 0.3) is 0 Å². The molecule has 0 fully saturated rings. The maximum absolute atomic E-state index is 13.1. The van der Waals surface area contributed by atoms with Crippen molar-refractivity contribution in [2.24, 2.45) is 0 Å². The van der Waals surface area contributed by atoms with E-state index >= 15 is 0 Å². The molecule has 0 aliphatic heterocycles. The van der Waals surface area contributed by atoms with E-state index in [9.17, 15) is 9.18 Å². The Balaban J connectivity index is 2.51. The van der Waals surface area contributed by atoms with Crippen molar-refractivity contribution in [1.82, 2.24) is 0 Å². The zero-order valence-corrected chi connectivity index (χ0v) is 9.60. The zero-order valence-electron chi connectivity index (χ0n) is 8.01. The van der Waals surface area contributed by atoms with Crippen LogP contribution in [0.5, 0.6) is 0 Å². The maximum Gasteiger partial charge on any atom is 0.141 e. The summed E-state index contributed by atoms with van der Waals surface area (Å²) in [5.74, 6) is 0.217. The summed E-state index contributed by atoms with van der Waals surface area (Å²) in [6.07, 6.45) is 0.244. The van der Waals surface area contributed by atoms with Crippen LogP contribution in [-0.4, -0.2) is 5.78 Å². The number of fused-ring (bicyclic) bond motifs is 1. The Kier molecular flexibility index (Phi) is 2.61. The molecule has 1 aromatic heterocycles. The van der Waals surface area contributed by atoms with Gasteiger partial charge in [0, 0.05) is 11.5 Å². The Morgan fingerprint density at radius 2 is 2.20 bits per heavy atom. The highest BCUT2D eigenvalue weighted by atomic mass is 79.9. The van der Waals surface area contributed by atoms with Crippen molar-refractivity contribution in [3.8, 4) is 0 Å². The molecule has 0 aliphatic rings. The van der Waals surface area contributed by atoms with Crippen LogP contribution < -0.4 is 0 Å². The highest BCUT2D eigenvalue weighted by molar-refractivity contribution is 9.10. The lowest BCUT2D eigenvalue weighted by Crippen LogP contribution is -1.93. The molecule has 0 atom stereocenters. The second-order valence-electron chi connectivity index (χ2n) is 3.40. The van der Waals surface area contributed by atoms with Crippen molar-refractivity contribution < 1.29 is 13.6 Å². The number of hydrogen-bond acceptors (Lipinski definition) is 2. The van der Waals surface area contributed by atoms with E-state index in [-0.39, 0.29) is 18.0 Å². The highest BCUT2D eigenvalue weighted by Gasteiger charge is 2.09. The van der Waals surface area contributed by atoms with Gasteiger partial charge in [-0.2, -0.15) is 0 Å². The van der Waals surface area contributed by atoms with E-state index < -0.39 is 0 Å². The van der Waals surface area contributed by atoms with E-state index in [0.29, 0.717) is 15.8 Å². The minimum absolute atomic E-state index is 0.0218. The molecule has 1 heterocycles. The van der Waals surface area contributed by atoms with Crippen LogP contribution in [0.1, 0.15) is 12.7 Å². The zero-order chi connectivity index (χ0) is 11.0. The standard InChI is InChI=1S/C11H8BrFO2/c1-6(14)2-8-3-7-4-9(12)10(13)5-11(7)15-8/h3-5H,2H2,1H3. The van der Waals surface area contributed by atoms with Crippen molar-refractivity contribution in [3.05, 3.63) is 34.2 Å². The largest absolute Gasteiger partial charge is 0.461 e. The van der Waals surface area contributed by atoms with Gasteiger partial charge in [0.2, 0.25) is 0 Å². The molecule has 0 aliphatic carbocycles. The Morgan fingerprint density at radius 3 is 2.87 bits per heavy atom. The summed E-state index contributed by atoms with van der Waals surface area (Å²) >= 11 is 3.09. The molecule has 0 N–H and O–H groups in total. The van der Waals surface area contributed by atoms with E-state index in [2.05, 4.69) is 15.9 Å². The lowest BCUT2D eigenvalue weighted by atomic mass is 10.2. The van der Waals surface area contributed by atoms with Gasteiger partial charge in [0.15, 0.2) is 0 Å². The molecule has 0 spiro atoms. The Bertz CT molecular complexity index is 492. The monoisotopic (exact) mass is 270 g/mol. The van der Waals surface area contributed by atoms with Crippen molar-refractivity contribution in [2.75, 3.05) is 0 Å². The number of Topliss-reactive ketones (excluding diaryl/α,β-unsaturated/α-hetero) is 1.